The van der Waals surface area contributed by atoms with E-state index < -0.39 is 0 Å². The number of rotatable bonds is 0. The average Bonchev–Trinajstić information content (AvgIpc) is 2.72. The van der Waals surface area contributed by atoms with Crippen molar-refractivity contribution in [3.63, 3.8) is 0 Å². The Balaban J connectivity index is 1.67. The van der Waals surface area contributed by atoms with Gasteiger partial charge in [0.15, 0.2) is 0 Å². The highest BCUT2D eigenvalue weighted by atomic mass is 16.3. The summed E-state index contributed by atoms with van der Waals surface area (Å²) in [6.45, 7) is 5.02. The molecule has 4 aliphatic carbocycles. The zero-order chi connectivity index (χ0) is 14.0. The van der Waals surface area contributed by atoms with Crippen LogP contribution in [0.3, 0.4) is 0 Å². The van der Waals surface area contributed by atoms with Gasteiger partial charge in [0.25, 0.3) is 0 Å². The molecule has 0 amide bonds. The molecule has 20 heavy (non-hydrogen) atoms. The largest absolute Gasteiger partial charge is 0.393 e. The Hall–Kier alpha value is -0.300. The van der Waals surface area contributed by atoms with Crippen molar-refractivity contribution >= 4 is 0 Å². The molecule has 1 nitrogen and oxygen atoms in total. The van der Waals surface area contributed by atoms with Gasteiger partial charge in [-0.15, -0.1) is 0 Å². The number of aliphatic hydroxyl groups excluding tert-OH is 1. The van der Waals surface area contributed by atoms with Crippen molar-refractivity contribution in [3.05, 3.63) is 12.2 Å². The Kier molecular flexibility index (Phi) is 2.91. The molecule has 0 bridgehead atoms. The summed E-state index contributed by atoms with van der Waals surface area (Å²) in [5, 5.41) is 10.2. The molecule has 0 aromatic rings. The molecule has 112 valence electrons. The zero-order valence-electron chi connectivity index (χ0n) is 13.1. The number of allylic oxidation sites excluding steroid dienone is 2. The monoisotopic (exact) mass is 274 g/mol. The van der Waals surface area contributed by atoms with Crippen molar-refractivity contribution in [2.45, 2.75) is 71.3 Å². The molecule has 0 aromatic carbocycles. The van der Waals surface area contributed by atoms with Gasteiger partial charge >= 0.3 is 0 Å². The molecule has 1 N–H and O–H groups in total. The van der Waals surface area contributed by atoms with Crippen LogP contribution in [0, 0.1) is 34.5 Å². The Bertz CT molecular complexity index is 427. The van der Waals surface area contributed by atoms with Crippen LogP contribution in [0.2, 0.25) is 0 Å². The highest BCUT2D eigenvalue weighted by Gasteiger charge is 2.57. The third-order valence-electron chi connectivity index (χ3n) is 7.87. The second-order valence-corrected chi connectivity index (χ2v) is 8.78. The molecule has 0 radical (unpaired) electrons. The fourth-order valence-electron chi connectivity index (χ4n) is 6.84. The third kappa shape index (κ3) is 1.71. The van der Waals surface area contributed by atoms with E-state index >= 15 is 0 Å². The molecule has 4 aliphatic rings. The lowest BCUT2D eigenvalue weighted by atomic mass is 9.46. The predicted octanol–water partition coefficient (Wildman–Crippen LogP) is 4.56. The molecular formula is C19H30O. The van der Waals surface area contributed by atoms with Crippen LogP contribution < -0.4 is 0 Å². The first kappa shape index (κ1) is 13.4. The van der Waals surface area contributed by atoms with Gasteiger partial charge in [-0.05, 0) is 85.9 Å². The number of aliphatic hydroxyl groups is 1. The van der Waals surface area contributed by atoms with E-state index in [4.69, 9.17) is 0 Å². The Morgan fingerprint density at radius 2 is 1.90 bits per heavy atom. The first-order valence-corrected chi connectivity index (χ1v) is 8.89. The summed E-state index contributed by atoms with van der Waals surface area (Å²) >= 11 is 0. The van der Waals surface area contributed by atoms with Crippen LogP contribution >= 0.6 is 0 Å². The van der Waals surface area contributed by atoms with E-state index in [0.717, 1.165) is 36.5 Å². The molecule has 0 spiro atoms. The van der Waals surface area contributed by atoms with Crippen molar-refractivity contribution in [2.24, 2.45) is 34.5 Å². The smallest absolute Gasteiger partial charge is 0.0548 e. The van der Waals surface area contributed by atoms with Gasteiger partial charge in [-0.3, -0.25) is 0 Å². The molecule has 0 aromatic heterocycles. The number of fused-ring (bicyclic) bond motifs is 5. The van der Waals surface area contributed by atoms with Crippen LogP contribution in [0.25, 0.3) is 0 Å². The lowest BCUT2D eigenvalue weighted by Crippen LogP contribution is -2.50. The lowest BCUT2D eigenvalue weighted by Gasteiger charge is -2.58. The highest BCUT2D eigenvalue weighted by Crippen LogP contribution is 2.65. The minimum Gasteiger partial charge on any atom is -0.393 e. The molecule has 0 heterocycles. The van der Waals surface area contributed by atoms with Gasteiger partial charge in [0.1, 0.15) is 0 Å². The number of hydrogen-bond donors (Lipinski definition) is 1. The van der Waals surface area contributed by atoms with Gasteiger partial charge in [0.2, 0.25) is 0 Å². The molecule has 4 rings (SSSR count). The maximum absolute atomic E-state index is 10.2. The summed E-state index contributed by atoms with van der Waals surface area (Å²) < 4.78 is 0. The molecule has 2 unspecified atom stereocenters. The normalized spacial score (nSPS) is 57.9. The topological polar surface area (TPSA) is 20.2 Å². The molecule has 3 saturated carbocycles. The summed E-state index contributed by atoms with van der Waals surface area (Å²) in [7, 11) is 0. The standard InChI is InChI=1S/C19H30O/c1-18-10-8-16-15(17(18)11-14(20)12-18)7-6-13-5-3-4-9-19(13,16)2/h4,9,13-17,20H,3,5-8,10-12H2,1-2H3/t13?,14?,15-,16-,17+,18-,19+/m1/s1. The molecular weight excluding hydrogens is 244 g/mol. The fourth-order valence-corrected chi connectivity index (χ4v) is 6.84. The van der Waals surface area contributed by atoms with Gasteiger partial charge in [-0.1, -0.05) is 26.0 Å². The maximum Gasteiger partial charge on any atom is 0.0548 e. The average molecular weight is 274 g/mol. The van der Waals surface area contributed by atoms with Crippen molar-refractivity contribution in [1.82, 2.24) is 0 Å². The highest BCUT2D eigenvalue weighted by molar-refractivity contribution is 5.15. The van der Waals surface area contributed by atoms with Gasteiger partial charge in [-0.2, -0.15) is 0 Å². The lowest BCUT2D eigenvalue weighted by molar-refractivity contribution is -0.0679. The summed E-state index contributed by atoms with van der Waals surface area (Å²) in [4.78, 5) is 0. The second kappa shape index (κ2) is 4.35. The Morgan fingerprint density at radius 3 is 2.75 bits per heavy atom. The van der Waals surface area contributed by atoms with Crippen molar-refractivity contribution in [2.75, 3.05) is 0 Å². The Morgan fingerprint density at radius 1 is 1.05 bits per heavy atom. The van der Waals surface area contributed by atoms with Gasteiger partial charge in [0, 0.05) is 0 Å². The van der Waals surface area contributed by atoms with Crippen LogP contribution in [0.5, 0.6) is 0 Å². The Labute approximate surface area is 123 Å². The van der Waals surface area contributed by atoms with E-state index in [1.54, 1.807) is 0 Å². The van der Waals surface area contributed by atoms with Crippen molar-refractivity contribution < 1.29 is 5.11 Å². The first-order chi connectivity index (χ1) is 9.53. The van der Waals surface area contributed by atoms with Crippen molar-refractivity contribution in [1.29, 1.82) is 0 Å². The minimum absolute atomic E-state index is 0.0174. The van der Waals surface area contributed by atoms with Crippen LogP contribution in [0.4, 0.5) is 0 Å². The molecule has 0 saturated heterocycles. The molecule has 1 heteroatoms. The van der Waals surface area contributed by atoms with E-state index in [0.29, 0.717) is 10.8 Å². The van der Waals surface area contributed by atoms with E-state index in [1.165, 1.54) is 38.5 Å². The van der Waals surface area contributed by atoms with Crippen LogP contribution in [-0.2, 0) is 0 Å². The summed E-state index contributed by atoms with van der Waals surface area (Å²) in [5.41, 5.74) is 0.915. The first-order valence-electron chi connectivity index (χ1n) is 8.89. The van der Waals surface area contributed by atoms with Gasteiger partial charge < -0.3 is 5.11 Å². The molecule has 0 aliphatic heterocycles. The molecule has 7 atom stereocenters. The zero-order valence-corrected chi connectivity index (χ0v) is 13.1. The van der Waals surface area contributed by atoms with Crippen LogP contribution in [-0.4, -0.2) is 11.2 Å². The third-order valence-corrected chi connectivity index (χ3v) is 7.87. The van der Waals surface area contributed by atoms with E-state index in [9.17, 15) is 5.11 Å². The molecule has 3 fully saturated rings. The second-order valence-electron chi connectivity index (χ2n) is 8.78. The summed E-state index contributed by atoms with van der Waals surface area (Å²) in [6, 6.07) is 0. The van der Waals surface area contributed by atoms with Crippen LogP contribution in [0.15, 0.2) is 12.2 Å². The maximum atomic E-state index is 10.2. The fraction of sp³-hybridized carbons (Fsp3) is 0.895. The van der Waals surface area contributed by atoms with E-state index in [2.05, 4.69) is 26.0 Å². The summed E-state index contributed by atoms with van der Waals surface area (Å²) in [6.07, 6.45) is 15.5. The minimum atomic E-state index is -0.0174. The van der Waals surface area contributed by atoms with E-state index in [1.807, 2.05) is 0 Å². The van der Waals surface area contributed by atoms with Gasteiger partial charge in [0.05, 0.1) is 6.10 Å². The SMILES string of the molecule is C[C@]12CC[C@@H]3[C@@H](CCC4CCC=C[C@@]43C)[C@@H]1CC(O)C2. The summed E-state index contributed by atoms with van der Waals surface area (Å²) in [5.74, 6) is 3.50. The predicted molar refractivity (Wildman–Crippen MR) is 82.3 cm³/mol. The van der Waals surface area contributed by atoms with Gasteiger partial charge in [-0.25, -0.2) is 0 Å². The number of hydrogen-bond acceptors (Lipinski definition) is 1. The van der Waals surface area contributed by atoms with Crippen LogP contribution in [0.1, 0.15) is 65.2 Å². The quantitative estimate of drug-likeness (QED) is 0.642. The van der Waals surface area contributed by atoms with Crippen molar-refractivity contribution in [3.8, 4) is 0 Å². The van der Waals surface area contributed by atoms with E-state index in [-0.39, 0.29) is 6.10 Å².